The second-order valence-electron chi connectivity index (χ2n) is 6.61. The molecule has 2 aromatic carbocycles. The predicted octanol–water partition coefficient (Wildman–Crippen LogP) is 2.73. The fourth-order valence-corrected chi connectivity index (χ4v) is 3.13. The van der Waals surface area contributed by atoms with Crippen LogP contribution >= 0.6 is 0 Å². The third-order valence-corrected chi connectivity index (χ3v) is 4.64. The summed E-state index contributed by atoms with van der Waals surface area (Å²) < 4.78 is 10.7. The Bertz CT molecular complexity index is 722. The van der Waals surface area contributed by atoms with E-state index in [2.05, 4.69) is 36.1 Å². The maximum Gasteiger partial charge on any atom is 0.260 e. The van der Waals surface area contributed by atoms with Crippen molar-refractivity contribution >= 4 is 5.91 Å². The molecule has 5 nitrogen and oxygen atoms in total. The number of piperazine rings is 1. The van der Waals surface area contributed by atoms with Crippen LogP contribution < -0.4 is 9.47 Å². The van der Waals surface area contributed by atoms with E-state index in [0.717, 1.165) is 38.5 Å². The molecule has 1 aliphatic heterocycles. The van der Waals surface area contributed by atoms with Gasteiger partial charge in [0.05, 0.1) is 7.11 Å². The van der Waals surface area contributed by atoms with Crippen molar-refractivity contribution in [2.45, 2.75) is 13.5 Å². The molecule has 2 aromatic rings. The summed E-state index contributed by atoms with van der Waals surface area (Å²) in [4.78, 5) is 16.6. The number of methoxy groups -OCH3 is 1. The Hall–Kier alpha value is -2.53. The summed E-state index contributed by atoms with van der Waals surface area (Å²) in [6, 6.07) is 15.9. The molecule has 1 fully saturated rings. The van der Waals surface area contributed by atoms with Gasteiger partial charge in [0.2, 0.25) is 0 Å². The van der Waals surface area contributed by atoms with Crippen LogP contribution in [0.3, 0.4) is 0 Å². The number of benzene rings is 2. The molecule has 0 unspecified atom stereocenters. The molecule has 0 saturated carbocycles. The van der Waals surface area contributed by atoms with Gasteiger partial charge in [-0.05, 0) is 36.8 Å². The lowest BCUT2D eigenvalue weighted by Crippen LogP contribution is -2.49. The van der Waals surface area contributed by atoms with Crippen LogP contribution in [0.1, 0.15) is 11.1 Å². The van der Waals surface area contributed by atoms with Crippen LogP contribution in [0.4, 0.5) is 0 Å². The Kier molecular flexibility index (Phi) is 6.12. The molecule has 1 heterocycles. The van der Waals surface area contributed by atoms with Crippen molar-refractivity contribution in [2.24, 2.45) is 0 Å². The fraction of sp³-hybridized carbons (Fsp3) is 0.381. The van der Waals surface area contributed by atoms with E-state index in [4.69, 9.17) is 9.47 Å². The zero-order chi connectivity index (χ0) is 18.4. The highest BCUT2D eigenvalue weighted by molar-refractivity contribution is 5.77. The minimum atomic E-state index is 0.0380. The Balaban J connectivity index is 1.42. The van der Waals surface area contributed by atoms with Gasteiger partial charge in [-0.2, -0.15) is 0 Å². The van der Waals surface area contributed by atoms with Gasteiger partial charge in [0.1, 0.15) is 11.5 Å². The van der Waals surface area contributed by atoms with Gasteiger partial charge in [-0.3, -0.25) is 9.69 Å². The molecular formula is C21H26N2O3. The molecule has 0 aliphatic carbocycles. The smallest absolute Gasteiger partial charge is 0.260 e. The first-order chi connectivity index (χ1) is 12.6. The Morgan fingerprint density at radius 3 is 2.35 bits per heavy atom. The van der Waals surface area contributed by atoms with Gasteiger partial charge in [0.25, 0.3) is 5.91 Å². The number of aryl methyl sites for hydroxylation is 1. The van der Waals surface area contributed by atoms with Gasteiger partial charge in [0.15, 0.2) is 6.61 Å². The summed E-state index contributed by atoms with van der Waals surface area (Å²) in [5.74, 6) is 1.49. The first kappa shape index (κ1) is 18.3. The number of nitrogens with zero attached hydrogens (tertiary/aromatic N) is 2. The number of rotatable bonds is 6. The van der Waals surface area contributed by atoms with Crippen molar-refractivity contribution in [1.82, 2.24) is 9.80 Å². The van der Waals surface area contributed by atoms with E-state index in [1.807, 2.05) is 29.2 Å². The van der Waals surface area contributed by atoms with E-state index in [1.165, 1.54) is 11.1 Å². The molecule has 138 valence electrons. The largest absolute Gasteiger partial charge is 0.497 e. The fourth-order valence-electron chi connectivity index (χ4n) is 3.13. The number of hydrogen-bond donors (Lipinski definition) is 0. The molecule has 1 aliphatic rings. The maximum atomic E-state index is 12.4. The monoisotopic (exact) mass is 354 g/mol. The van der Waals surface area contributed by atoms with Crippen LogP contribution in [0.15, 0.2) is 48.5 Å². The second-order valence-corrected chi connectivity index (χ2v) is 6.61. The van der Waals surface area contributed by atoms with Gasteiger partial charge in [-0.15, -0.1) is 0 Å². The van der Waals surface area contributed by atoms with E-state index in [9.17, 15) is 4.79 Å². The van der Waals surface area contributed by atoms with E-state index in [-0.39, 0.29) is 12.5 Å². The Morgan fingerprint density at radius 1 is 1.00 bits per heavy atom. The van der Waals surface area contributed by atoms with Gasteiger partial charge >= 0.3 is 0 Å². The SMILES string of the molecule is COc1ccc(OCC(=O)N2CCN(Cc3cccc(C)c3)CC2)cc1. The van der Waals surface area contributed by atoms with Gasteiger partial charge in [-0.1, -0.05) is 29.8 Å². The quantitative estimate of drug-likeness (QED) is 0.800. The average Bonchev–Trinajstić information content (AvgIpc) is 2.67. The summed E-state index contributed by atoms with van der Waals surface area (Å²) >= 11 is 0. The summed E-state index contributed by atoms with van der Waals surface area (Å²) in [5.41, 5.74) is 2.61. The van der Waals surface area contributed by atoms with Crippen molar-refractivity contribution in [3.8, 4) is 11.5 Å². The van der Waals surface area contributed by atoms with E-state index < -0.39 is 0 Å². The number of hydrogen-bond acceptors (Lipinski definition) is 4. The highest BCUT2D eigenvalue weighted by atomic mass is 16.5. The summed E-state index contributed by atoms with van der Waals surface area (Å²) in [6.45, 7) is 6.40. The molecule has 5 heteroatoms. The first-order valence-electron chi connectivity index (χ1n) is 8.96. The van der Waals surface area contributed by atoms with Crippen molar-refractivity contribution in [2.75, 3.05) is 39.9 Å². The molecule has 0 atom stereocenters. The van der Waals surface area contributed by atoms with Crippen LogP contribution in [0, 0.1) is 6.92 Å². The number of ether oxygens (including phenoxy) is 2. The summed E-state index contributed by atoms with van der Waals surface area (Å²) in [7, 11) is 1.62. The molecule has 1 amide bonds. The van der Waals surface area contributed by atoms with Crippen LogP contribution in [-0.4, -0.2) is 55.6 Å². The van der Waals surface area contributed by atoms with Crippen LogP contribution in [0.5, 0.6) is 11.5 Å². The van der Waals surface area contributed by atoms with Crippen molar-refractivity contribution in [1.29, 1.82) is 0 Å². The lowest BCUT2D eigenvalue weighted by Gasteiger charge is -2.34. The number of amides is 1. The lowest BCUT2D eigenvalue weighted by atomic mass is 10.1. The average molecular weight is 354 g/mol. The molecule has 1 saturated heterocycles. The zero-order valence-electron chi connectivity index (χ0n) is 15.5. The Morgan fingerprint density at radius 2 is 1.69 bits per heavy atom. The summed E-state index contributed by atoms with van der Waals surface area (Å²) in [6.07, 6.45) is 0. The molecule has 26 heavy (non-hydrogen) atoms. The van der Waals surface area contributed by atoms with E-state index in [0.29, 0.717) is 5.75 Å². The zero-order valence-corrected chi connectivity index (χ0v) is 15.5. The van der Waals surface area contributed by atoms with Crippen molar-refractivity contribution < 1.29 is 14.3 Å². The van der Waals surface area contributed by atoms with Crippen LogP contribution in [-0.2, 0) is 11.3 Å². The number of carbonyl (C=O) groups excluding carboxylic acids is 1. The molecule has 0 spiro atoms. The molecular weight excluding hydrogens is 328 g/mol. The van der Waals surface area contributed by atoms with E-state index >= 15 is 0 Å². The minimum Gasteiger partial charge on any atom is -0.497 e. The minimum absolute atomic E-state index is 0.0380. The third kappa shape index (κ3) is 4.99. The molecule has 0 N–H and O–H groups in total. The molecule has 0 aromatic heterocycles. The van der Waals surface area contributed by atoms with Crippen molar-refractivity contribution in [3.05, 3.63) is 59.7 Å². The highest BCUT2D eigenvalue weighted by Crippen LogP contribution is 2.17. The van der Waals surface area contributed by atoms with Gasteiger partial charge in [-0.25, -0.2) is 0 Å². The normalized spacial score (nSPS) is 14.9. The number of carbonyl (C=O) groups is 1. The second kappa shape index (κ2) is 8.72. The van der Waals surface area contributed by atoms with Gasteiger partial charge in [0, 0.05) is 32.7 Å². The summed E-state index contributed by atoms with van der Waals surface area (Å²) in [5, 5.41) is 0. The maximum absolute atomic E-state index is 12.4. The van der Waals surface area contributed by atoms with E-state index in [1.54, 1.807) is 7.11 Å². The predicted molar refractivity (Wildman–Crippen MR) is 102 cm³/mol. The lowest BCUT2D eigenvalue weighted by molar-refractivity contribution is -0.135. The third-order valence-electron chi connectivity index (χ3n) is 4.64. The standard InChI is InChI=1S/C21H26N2O3/c1-17-4-3-5-18(14-17)15-22-10-12-23(13-11-22)21(24)16-26-20-8-6-19(25-2)7-9-20/h3-9,14H,10-13,15-16H2,1-2H3. The highest BCUT2D eigenvalue weighted by Gasteiger charge is 2.21. The van der Waals surface area contributed by atoms with Crippen molar-refractivity contribution in [3.63, 3.8) is 0 Å². The Labute approximate surface area is 155 Å². The van der Waals surface area contributed by atoms with Crippen LogP contribution in [0.2, 0.25) is 0 Å². The van der Waals surface area contributed by atoms with Crippen LogP contribution in [0.25, 0.3) is 0 Å². The molecule has 3 rings (SSSR count). The first-order valence-corrected chi connectivity index (χ1v) is 8.96. The molecule has 0 bridgehead atoms. The molecule has 0 radical (unpaired) electrons. The topological polar surface area (TPSA) is 42.0 Å². The van der Waals surface area contributed by atoms with Gasteiger partial charge < -0.3 is 14.4 Å².